The molecule has 2 N–H and O–H groups in total. The number of para-hydroxylation sites is 1. The molecule has 0 radical (unpaired) electrons. The topological polar surface area (TPSA) is 64.5 Å². The first-order valence-corrected chi connectivity index (χ1v) is 5.35. The molecule has 5 nitrogen and oxygen atoms in total. The number of aromatic nitrogens is 1. The van der Waals surface area contributed by atoms with Gasteiger partial charge in [0.25, 0.3) is 0 Å². The molecule has 84 valence electrons. The molecule has 1 saturated heterocycles. The molecule has 2 aromatic rings. The lowest BCUT2D eigenvalue weighted by Gasteiger charge is -2.09. The summed E-state index contributed by atoms with van der Waals surface area (Å²) in [6.45, 7) is 2.28. The summed E-state index contributed by atoms with van der Waals surface area (Å²) in [4.78, 5) is 9.75. The van der Waals surface area contributed by atoms with E-state index in [1.165, 1.54) is 0 Å². The molecule has 0 spiro atoms. The van der Waals surface area contributed by atoms with Gasteiger partial charge in [0.2, 0.25) is 5.89 Å². The third-order valence-corrected chi connectivity index (χ3v) is 2.63. The molecule has 2 heterocycles. The second-order valence-electron chi connectivity index (χ2n) is 3.85. The van der Waals surface area contributed by atoms with Gasteiger partial charge in [-0.05, 0) is 18.6 Å². The van der Waals surface area contributed by atoms with Crippen molar-refractivity contribution in [3.05, 3.63) is 24.1 Å². The van der Waals surface area contributed by atoms with E-state index in [0.717, 1.165) is 30.7 Å². The summed E-state index contributed by atoms with van der Waals surface area (Å²) in [7, 11) is 0. The van der Waals surface area contributed by atoms with Crippen molar-refractivity contribution in [1.29, 1.82) is 0 Å². The van der Waals surface area contributed by atoms with Gasteiger partial charge in [-0.2, -0.15) is 5.06 Å². The summed E-state index contributed by atoms with van der Waals surface area (Å²) < 4.78 is 5.60. The molecule has 0 bridgehead atoms. The smallest absolute Gasteiger partial charge is 0.212 e. The third kappa shape index (κ3) is 1.64. The average molecular weight is 219 g/mol. The van der Waals surface area contributed by atoms with Crippen molar-refractivity contribution < 1.29 is 9.25 Å². The summed E-state index contributed by atoms with van der Waals surface area (Å²) in [6.07, 6.45) is 1.06. The second kappa shape index (κ2) is 3.77. The number of hydrogen-bond acceptors (Lipinski definition) is 5. The van der Waals surface area contributed by atoms with E-state index in [9.17, 15) is 0 Å². The van der Waals surface area contributed by atoms with E-state index >= 15 is 0 Å². The Labute approximate surface area is 92.7 Å². The van der Waals surface area contributed by atoms with Gasteiger partial charge in [-0.25, -0.2) is 4.98 Å². The van der Waals surface area contributed by atoms with Crippen LogP contribution in [0.5, 0.6) is 0 Å². The number of nitrogens with zero attached hydrogens (tertiary/aromatic N) is 2. The SMILES string of the molecule is Nc1cccc2oc(CN3CCCO3)nc12. The molecule has 1 aliphatic heterocycles. The van der Waals surface area contributed by atoms with Gasteiger partial charge in [-0.15, -0.1) is 0 Å². The zero-order valence-electron chi connectivity index (χ0n) is 8.85. The molecule has 0 unspecified atom stereocenters. The van der Waals surface area contributed by atoms with Crippen LogP contribution in [0.4, 0.5) is 5.69 Å². The average Bonchev–Trinajstić information content (AvgIpc) is 2.88. The van der Waals surface area contributed by atoms with E-state index in [2.05, 4.69) is 4.98 Å². The number of hydrogen-bond donors (Lipinski definition) is 1. The summed E-state index contributed by atoms with van der Waals surface area (Å²) in [6, 6.07) is 5.55. The number of nitrogen functional groups attached to an aromatic ring is 1. The lowest BCUT2D eigenvalue weighted by Crippen LogP contribution is -2.17. The van der Waals surface area contributed by atoms with Crippen molar-refractivity contribution >= 4 is 16.8 Å². The van der Waals surface area contributed by atoms with Gasteiger partial charge < -0.3 is 10.2 Å². The summed E-state index contributed by atoms with van der Waals surface area (Å²) in [5.74, 6) is 0.648. The largest absolute Gasteiger partial charge is 0.439 e. The quantitative estimate of drug-likeness (QED) is 0.776. The van der Waals surface area contributed by atoms with E-state index < -0.39 is 0 Å². The van der Waals surface area contributed by atoms with Crippen molar-refractivity contribution in [2.75, 3.05) is 18.9 Å². The molecular formula is C11H13N3O2. The Hall–Kier alpha value is -1.59. The summed E-state index contributed by atoms with van der Waals surface area (Å²) in [5, 5.41) is 1.86. The number of benzene rings is 1. The van der Waals surface area contributed by atoms with Gasteiger partial charge in [0, 0.05) is 6.54 Å². The van der Waals surface area contributed by atoms with Gasteiger partial charge in [0.1, 0.15) is 12.1 Å². The van der Waals surface area contributed by atoms with Crippen molar-refractivity contribution in [3.8, 4) is 0 Å². The van der Waals surface area contributed by atoms with Crippen LogP contribution in [0.3, 0.4) is 0 Å². The maximum atomic E-state index is 5.81. The zero-order chi connectivity index (χ0) is 11.0. The normalized spacial score (nSPS) is 17.2. The molecule has 0 atom stereocenters. The van der Waals surface area contributed by atoms with Gasteiger partial charge >= 0.3 is 0 Å². The predicted octanol–water partition coefficient (Wildman–Crippen LogP) is 1.55. The van der Waals surface area contributed by atoms with Crippen LogP contribution in [0.1, 0.15) is 12.3 Å². The Morgan fingerprint density at radius 3 is 3.12 bits per heavy atom. The Morgan fingerprint density at radius 1 is 1.44 bits per heavy atom. The lowest BCUT2D eigenvalue weighted by atomic mass is 10.3. The van der Waals surface area contributed by atoms with Gasteiger partial charge in [-0.1, -0.05) is 6.07 Å². The molecule has 16 heavy (non-hydrogen) atoms. The van der Waals surface area contributed by atoms with Crippen LogP contribution in [0.15, 0.2) is 22.6 Å². The van der Waals surface area contributed by atoms with Crippen molar-refractivity contribution in [2.45, 2.75) is 13.0 Å². The van der Waals surface area contributed by atoms with Crippen LogP contribution in [-0.2, 0) is 11.4 Å². The van der Waals surface area contributed by atoms with Gasteiger partial charge in [0.05, 0.1) is 12.3 Å². The van der Waals surface area contributed by atoms with Gasteiger partial charge in [-0.3, -0.25) is 4.84 Å². The van der Waals surface area contributed by atoms with Crippen LogP contribution in [-0.4, -0.2) is 23.2 Å². The highest BCUT2D eigenvalue weighted by Gasteiger charge is 2.16. The molecule has 5 heteroatoms. The minimum atomic E-state index is 0.578. The number of nitrogens with two attached hydrogens (primary N) is 1. The van der Waals surface area contributed by atoms with Crippen molar-refractivity contribution in [1.82, 2.24) is 10.0 Å². The second-order valence-corrected chi connectivity index (χ2v) is 3.85. The monoisotopic (exact) mass is 219 g/mol. The molecule has 1 aromatic heterocycles. The number of rotatable bonds is 2. The number of anilines is 1. The van der Waals surface area contributed by atoms with Gasteiger partial charge in [0.15, 0.2) is 5.58 Å². The standard InChI is InChI=1S/C11H13N3O2/c12-8-3-1-4-9-11(8)13-10(16-9)7-14-5-2-6-15-14/h1,3-4H,2,5-7,12H2. The molecule has 1 fully saturated rings. The summed E-state index contributed by atoms with van der Waals surface area (Å²) >= 11 is 0. The minimum absolute atomic E-state index is 0.578. The predicted molar refractivity (Wildman–Crippen MR) is 59.4 cm³/mol. The Balaban J connectivity index is 1.90. The molecule has 3 rings (SSSR count). The number of oxazole rings is 1. The van der Waals surface area contributed by atoms with E-state index in [1.54, 1.807) is 0 Å². The third-order valence-electron chi connectivity index (χ3n) is 2.63. The van der Waals surface area contributed by atoms with E-state index in [1.807, 2.05) is 23.3 Å². The molecule has 1 aromatic carbocycles. The van der Waals surface area contributed by atoms with Crippen LogP contribution in [0.2, 0.25) is 0 Å². The van der Waals surface area contributed by atoms with Crippen molar-refractivity contribution in [3.63, 3.8) is 0 Å². The highest BCUT2D eigenvalue weighted by Crippen LogP contribution is 2.22. The van der Waals surface area contributed by atoms with E-state index in [-0.39, 0.29) is 0 Å². The highest BCUT2D eigenvalue weighted by molar-refractivity contribution is 5.85. The fourth-order valence-corrected chi connectivity index (χ4v) is 1.86. The lowest BCUT2D eigenvalue weighted by molar-refractivity contribution is -0.121. The zero-order valence-corrected chi connectivity index (χ0v) is 8.85. The Morgan fingerprint density at radius 2 is 2.38 bits per heavy atom. The van der Waals surface area contributed by atoms with Crippen LogP contribution in [0, 0.1) is 0 Å². The first-order valence-electron chi connectivity index (χ1n) is 5.35. The summed E-state index contributed by atoms with van der Waals surface area (Å²) in [5.41, 5.74) is 7.92. The fourth-order valence-electron chi connectivity index (χ4n) is 1.86. The molecular weight excluding hydrogens is 206 g/mol. The number of fused-ring (bicyclic) bond motifs is 1. The van der Waals surface area contributed by atoms with Crippen LogP contribution < -0.4 is 5.73 Å². The maximum absolute atomic E-state index is 5.81. The van der Waals surface area contributed by atoms with Crippen molar-refractivity contribution in [2.24, 2.45) is 0 Å². The molecule has 0 amide bonds. The molecule has 1 aliphatic rings. The minimum Gasteiger partial charge on any atom is -0.439 e. The number of hydroxylamine groups is 2. The maximum Gasteiger partial charge on any atom is 0.212 e. The highest BCUT2D eigenvalue weighted by atomic mass is 16.7. The fraction of sp³-hybridized carbons (Fsp3) is 0.364. The molecule has 0 aliphatic carbocycles. The molecule has 0 saturated carbocycles. The van der Waals surface area contributed by atoms with E-state index in [0.29, 0.717) is 18.1 Å². The first kappa shape index (κ1) is 9.62. The first-order chi connectivity index (χ1) is 7.83. The van der Waals surface area contributed by atoms with Crippen LogP contribution in [0.25, 0.3) is 11.1 Å². The Bertz CT molecular complexity index is 503. The van der Waals surface area contributed by atoms with E-state index in [4.69, 9.17) is 15.0 Å². The van der Waals surface area contributed by atoms with Crippen LogP contribution >= 0.6 is 0 Å². The Kier molecular flexibility index (Phi) is 2.27.